The average molecular weight is 449 g/mol. The number of amides is 1. The van der Waals surface area contributed by atoms with Crippen LogP contribution in [0.15, 0.2) is 67.0 Å². The van der Waals surface area contributed by atoms with E-state index in [0.29, 0.717) is 18.7 Å². The van der Waals surface area contributed by atoms with Gasteiger partial charge in [0.15, 0.2) is 0 Å². The van der Waals surface area contributed by atoms with E-state index in [0.717, 1.165) is 35.8 Å². The fraction of sp³-hybridized carbons (Fsp3) is 0.217. The van der Waals surface area contributed by atoms with Gasteiger partial charge in [-0.1, -0.05) is 12.1 Å². The van der Waals surface area contributed by atoms with Gasteiger partial charge in [0, 0.05) is 48.0 Å². The second-order valence-electron chi connectivity index (χ2n) is 7.65. The third kappa shape index (κ3) is 4.44. The van der Waals surface area contributed by atoms with Gasteiger partial charge in [0.25, 0.3) is 5.91 Å². The molecule has 0 spiro atoms. The fourth-order valence-corrected chi connectivity index (χ4v) is 4.85. The number of halogens is 1. The van der Waals surface area contributed by atoms with Gasteiger partial charge in [-0.05, 0) is 64.5 Å². The van der Waals surface area contributed by atoms with E-state index >= 15 is 0 Å². The van der Waals surface area contributed by atoms with Crippen LogP contribution in [0.2, 0.25) is 0 Å². The van der Waals surface area contributed by atoms with Crippen LogP contribution >= 0.6 is 11.3 Å². The highest BCUT2D eigenvalue weighted by molar-refractivity contribution is 7.15. The Bertz CT molecular complexity index is 1200. The van der Waals surface area contributed by atoms with Gasteiger partial charge < -0.3 is 4.90 Å². The second-order valence-corrected chi connectivity index (χ2v) is 8.81. The lowest BCUT2D eigenvalue weighted by Gasteiger charge is -2.34. The van der Waals surface area contributed by atoms with Crippen LogP contribution < -0.4 is 0 Å². The summed E-state index contributed by atoms with van der Waals surface area (Å²) in [4.78, 5) is 19.4. The maximum Gasteiger partial charge on any atom is 0.253 e. The van der Waals surface area contributed by atoms with E-state index in [-0.39, 0.29) is 11.7 Å². The predicted octanol–water partition coefficient (Wildman–Crippen LogP) is 3.49. The van der Waals surface area contributed by atoms with Crippen molar-refractivity contribution in [3.05, 3.63) is 83.2 Å². The molecule has 0 N–H and O–H groups in total. The van der Waals surface area contributed by atoms with Gasteiger partial charge in [0.2, 0.25) is 0 Å². The van der Waals surface area contributed by atoms with Gasteiger partial charge >= 0.3 is 0 Å². The number of tetrazole rings is 1. The summed E-state index contributed by atoms with van der Waals surface area (Å²) in [7, 11) is 0. The second kappa shape index (κ2) is 8.97. The molecule has 32 heavy (non-hydrogen) atoms. The number of nitrogens with zero attached hydrogens (tertiary/aromatic N) is 6. The van der Waals surface area contributed by atoms with E-state index < -0.39 is 0 Å². The van der Waals surface area contributed by atoms with Crippen molar-refractivity contribution < 1.29 is 9.18 Å². The predicted molar refractivity (Wildman–Crippen MR) is 120 cm³/mol. The van der Waals surface area contributed by atoms with Crippen LogP contribution in [0.25, 0.3) is 16.1 Å². The lowest BCUT2D eigenvalue weighted by Crippen LogP contribution is -2.48. The van der Waals surface area contributed by atoms with E-state index in [1.807, 2.05) is 41.3 Å². The number of carbonyl (C=O) groups is 1. The SMILES string of the molecule is O=C(c1ccc(-n2cnnn2)cc1)N1CCN(Cc2ccc(-c3cccc(F)c3)s2)CC1. The summed E-state index contributed by atoms with van der Waals surface area (Å²) < 4.78 is 15.0. The number of carbonyl (C=O) groups excluding carboxylic acids is 1. The molecule has 3 heterocycles. The monoisotopic (exact) mass is 448 g/mol. The Morgan fingerprint density at radius 1 is 1.00 bits per heavy atom. The first-order chi connectivity index (χ1) is 15.7. The smallest absolute Gasteiger partial charge is 0.253 e. The highest BCUT2D eigenvalue weighted by atomic mass is 32.1. The Balaban J connectivity index is 1.16. The van der Waals surface area contributed by atoms with E-state index in [9.17, 15) is 9.18 Å². The summed E-state index contributed by atoms with van der Waals surface area (Å²) in [5.41, 5.74) is 2.38. The van der Waals surface area contributed by atoms with E-state index in [1.54, 1.807) is 28.2 Å². The van der Waals surface area contributed by atoms with Gasteiger partial charge in [-0.2, -0.15) is 0 Å². The first-order valence-electron chi connectivity index (χ1n) is 10.4. The third-order valence-corrected chi connectivity index (χ3v) is 6.66. The van der Waals surface area contributed by atoms with Gasteiger partial charge in [0.1, 0.15) is 12.1 Å². The van der Waals surface area contributed by atoms with Gasteiger partial charge in [0.05, 0.1) is 5.69 Å². The first-order valence-corrected chi connectivity index (χ1v) is 11.2. The molecule has 4 aromatic rings. The topological polar surface area (TPSA) is 67.2 Å². The number of benzene rings is 2. The van der Waals surface area contributed by atoms with Crippen LogP contribution in [0.4, 0.5) is 4.39 Å². The molecule has 0 aliphatic carbocycles. The largest absolute Gasteiger partial charge is 0.336 e. The Morgan fingerprint density at radius 2 is 1.81 bits per heavy atom. The first kappa shape index (κ1) is 20.5. The minimum atomic E-state index is -0.219. The Hall–Kier alpha value is -3.43. The average Bonchev–Trinajstić information content (AvgIpc) is 3.52. The molecule has 0 bridgehead atoms. The van der Waals surface area contributed by atoms with Crippen LogP contribution in [0.1, 0.15) is 15.2 Å². The van der Waals surface area contributed by atoms with Gasteiger partial charge in [-0.25, -0.2) is 9.07 Å². The zero-order valence-electron chi connectivity index (χ0n) is 17.3. The van der Waals surface area contributed by atoms with Crippen molar-refractivity contribution in [3.8, 4) is 16.1 Å². The molecule has 7 nitrogen and oxygen atoms in total. The number of hydrogen-bond donors (Lipinski definition) is 0. The van der Waals surface area contributed by atoms with Crippen molar-refractivity contribution in [3.63, 3.8) is 0 Å². The molecule has 0 saturated carbocycles. The molecule has 0 unspecified atom stereocenters. The number of thiophene rings is 1. The molecule has 1 amide bonds. The number of aromatic nitrogens is 4. The van der Waals surface area contributed by atoms with E-state index in [4.69, 9.17) is 0 Å². The normalized spacial score (nSPS) is 14.6. The maximum absolute atomic E-state index is 13.5. The fourth-order valence-electron chi connectivity index (χ4n) is 3.81. The van der Waals surface area contributed by atoms with Crippen molar-refractivity contribution >= 4 is 17.2 Å². The zero-order valence-corrected chi connectivity index (χ0v) is 18.1. The molecule has 162 valence electrons. The Labute approximate surface area is 188 Å². The highest BCUT2D eigenvalue weighted by Crippen LogP contribution is 2.29. The molecule has 0 atom stereocenters. The molecule has 2 aromatic heterocycles. The molecule has 1 saturated heterocycles. The maximum atomic E-state index is 13.5. The summed E-state index contributed by atoms with van der Waals surface area (Å²) in [6.45, 7) is 3.86. The quantitative estimate of drug-likeness (QED) is 0.468. The third-order valence-electron chi connectivity index (χ3n) is 5.54. The van der Waals surface area contributed by atoms with E-state index in [2.05, 4.69) is 26.5 Å². The van der Waals surface area contributed by atoms with Crippen LogP contribution in [0.5, 0.6) is 0 Å². The van der Waals surface area contributed by atoms with Crippen molar-refractivity contribution in [1.82, 2.24) is 30.0 Å². The van der Waals surface area contributed by atoms with Gasteiger partial charge in [-0.15, -0.1) is 16.4 Å². The summed E-state index contributed by atoms with van der Waals surface area (Å²) >= 11 is 1.69. The summed E-state index contributed by atoms with van der Waals surface area (Å²) in [6, 6.07) is 18.1. The molecule has 1 fully saturated rings. The molecule has 1 aliphatic rings. The number of piperazine rings is 1. The van der Waals surface area contributed by atoms with Crippen LogP contribution in [0.3, 0.4) is 0 Å². The van der Waals surface area contributed by atoms with Crippen LogP contribution in [0, 0.1) is 5.82 Å². The Kier molecular flexibility index (Phi) is 5.74. The number of rotatable bonds is 5. The number of hydrogen-bond acceptors (Lipinski definition) is 6. The molecule has 1 aliphatic heterocycles. The Morgan fingerprint density at radius 3 is 2.53 bits per heavy atom. The molecule has 5 rings (SSSR count). The molecule has 9 heteroatoms. The standard InChI is InChI=1S/C23H21FN6OS/c24-19-3-1-2-18(14-19)22-9-8-21(32-22)15-28-10-12-29(13-11-28)23(31)17-4-6-20(7-5-17)30-16-25-26-27-30/h1-9,14,16H,10-13,15H2. The van der Waals surface area contributed by atoms with Gasteiger partial charge in [-0.3, -0.25) is 9.69 Å². The summed E-state index contributed by atoms with van der Waals surface area (Å²) in [5.74, 6) is -0.180. The van der Waals surface area contributed by atoms with Crippen LogP contribution in [-0.4, -0.2) is 62.1 Å². The summed E-state index contributed by atoms with van der Waals surface area (Å²) in [6.07, 6.45) is 1.52. The minimum Gasteiger partial charge on any atom is -0.336 e. The van der Waals surface area contributed by atoms with E-state index in [1.165, 1.54) is 17.3 Å². The van der Waals surface area contributed by atoms with Crippen molar-refractivity contribution in [2.75, 3.05) is 26.2 Å². The van der Waals surface area contributed by atoms with Crippen molar-refractivity contribution in [2.24, 2.45) is 0 Å². The molecule has 0 radical (unpaired) electrons. The summed E-state index contributed by atoms with van der Waals surface area (Å²) in [5, 5.41) is 11.1. The lowest BCUT2D eigenvalue weighted by molar-refractivity contribution is 0.0629. The van der Waals surface area contributed by atoms with Crippen molar-refractivity contribution in [1.29, 1.82) is 0 Å². The molecule has 2 aromatic carbocycles. The molecular formula is C23H21FN6OS. The van der Waals surface area contributed by atoms with Crippen molar-refractivity contribution in [2.45, 2.75) is 6.54 Å². The minimum absolute atomic E-state index is 0.0393. The lowest BCUT2D eigenvalue weighted by atomic mass is 10.1. The zero-order chi connectivity index (χ0) is 21.9. The molecular weight excluding hydrogens is 427 g/mol. The van der Waals surface area contributed by atoms with Crippen LogP contribution in [-0.2, 0) is 6.54 Å². The highest BCUT2D eigenvalue weighted by Gasteiger charge is 2.22.